The van der Waals surface area contributed by atoms with E-state index in [-0.39, 0.29) is 5.91 Å². The first-order valence-electron chi connectivity index (χ1n) is 10.1. The van der Waals surface area contributed by atoms with Gasteiger partial charge in [-0.05, 0) is 42.9 Å². The summed E-state index contributed by atoms with van der Waals surface area (Å²) in [6.07, 6.45) is 3.69. The zero-order valence-electron chi connectivity index (χ0n) is 16.3. The minimum absolute atomic E-state index is 0.0532. The van der Waals surface area contributed by atoms with Gasteiger partial charge in [0.2, 0.25) is 5.82 Å². The highest BCUT2D eigenvalue weighted by molar-refractivity contribution is 5.90. The highest BCUT2D eigenvalue weighted by Crippen LogP contribution is 2.19. The summed E-state index contributed by atoms with van der Waals surface area (Å²) in [6, 6.07) is 20.3. The molecule has 0 spiro atoms. The van der Waals surface area contributed by atoms with E-state index in [1.165, 1.54) is 5.56 Å². The average Bonchev–Trinajstić information content (AvgIpc) is 3.18. The van der Waals surface area contributed by atoms with Crippen molar-refractivity contribution in [3.05, 3.63) is 77.9 Å². The van der Waals surface area contributed by atoms with Crippen LogP contribution in [-0.2, 0) is 12.8 Å². The smallest absolute Gasteiger partial charge is 0.293 e. The van der Waals surface area contributed by atoms with Crippen molar-refractivity contribution in [3.8, 4) is 5.69 Å². The molecule has 1 fully saturated rings. The molecule has 0 unspecified atom stereocenters. The van der Waals surface area contributed by atoms with Crippen molar-refractivity contribution >= 4 is 5.91 Å². The average molecular weight is 374 g/mol. The molecule has 0 bridgehead atoms. The number of carbonyl (C=O) groups excluding carboxylic acids is 1. The Morgan fingerprint density at radius 1 is 0.964 bits per heavy atom. The van der Waals surface area contributed by atoms with Gasteiger partial charge in [0.05, 0.1) is 5.69 Å². The second-order valence-electron chi connectivity index (χ2n) is 7.56. The number of para-hydroxylation sites is 1. The third-order valence-corrected chi connectivity index (χ3v) is 5.42. The third-order valence-electron chi connectivity index (χ3n) is 5.42. The number of hydrogen-bond acceptors (Lipinski definition) is 3. The van der Waals surface area contributed by atoms with Gasteiger partial charge in [-0.25, -0.2) is 9.67 Å². The first-order valence-corrected chi connectivity index (χ1v) is 10.1. The van der Waals surface area contributed by atoms with Crippen LogP contribution in [0.5, 0.6) is 0 Å². The van der Waals surface area contributed by atoms with E-state index >= 15 is 0 Å². The van der Waals surface area contributed by atoms with Crippen LogP contribution in [0.3, 0.4) is 0 Å². The van der Waals surface area contributed by atoms with Crippen LogP contribution in [0, 0.1) is 5.92 Å². The maximum Gasteiger partial charge on any atom is 0.293 e. The predicted molar refractivity (Wildman–Crippen MR) is 110 cm³/mol. The third kappa shape index (κ3) is 4.14. The Balaban J connectivity index is 1.59. The maximum absolute atomic E-state index is 13.0. The summed E-state index contributed by atoms with van der Waals surface area (Å²) >= 11 is 0. The number of benzene rings is 2. The van der Waals surface area contributed by atoms with E-state index in [1.54, 1.807) is 0 Å². The Morgan fingerprint density at radius 3 is 2.29 bits per heavy atom. The van der Waals surface area contributed by atoms with Crippen LogP contribution in [0.25, 0.3) is 5.69 Å². The number of hydrogen-bond donors (Lipinski definition) is 0. The van der Waals surface area contributed by atoms with Crippen molar-refractivity contribution in [2.45, 2.75) is 32.6 Å². The molecule has 1 amide bonds. The van der Waals surface area contributed by atoms with E-state index in [0.29, 0.717) is 11.7 Å². The molecular formula is C23H26N4O. The van der Waals surface area contributed by atoms with Crippen molar-refractivity contribution in [2.24, 2.45) is 5.92 Å². The lowest BCUT2D eigenvalue weighted by molar-refractivity contribution is 0.0685. The molecule has 3 aromatic rings. The topological polar surface area (TPSA) is 51.0 Å². The summed E-state index contributed by atoms with van der Waals surface area (Å²) in [6.45, 7) is 3.82. The van der Waals surface area contributed by atoms with Crippen LogP contribution >= 0.6 is 0 Å². The predicted octanol–water partition coefficient (Wildman–Crippen LogP) is 3.92. The quantitative estimate of drug-likeness (QED) is 0.680. The zero-order valence-corrected chi connectivity index (χ0v) is 16.3. The molecular weight excluding hydrogens is 348 g/mol. The van der Waals surface area contributed by atoms with Gasteiger partial charge < -0.3 is 4.90 Å². The van der Waals surface area contributed by atoms with Crippen molar-refractivity contribution in [3.63, 3.8) is 0 Å². The molecule has 0 aliphatic carbocycles. The van der Waals surface area contributed by atoms with Crippen LogP contribution in [0.4, 0.5) is 0 Å². The molecule has 4 rings (SSSR count). The molecule has 1 aliphatic heterocycles. The van der Waals surface area contributed by atoms with Gasteiger partial charge in [0.15, 0.2) is 0 Å². The van der Waals surface area contributed by atoms with Crippen molar-refractivity contribution in [2.75, 3.05) is 13.1 Å². The van der Waals surface area contributed by atoms with Crippen molar-refractivity contribution in [1.82, 2.24) is 19.7 Å². The molecule has 1 saturated heterocycles. The summed E-state index contributed by atoms with van der Waals surface area (Å²) in [4.78, 5) is 19.5. The molecule has 2 aromatic carbocycles. The first kappa shape index (κ1) is 18.4. The number of nitrogens with zero attached hydrogens (tertiary/aromatic N) is 4. The van der Waals surface area contributed by atoms with Gasteiger partial charge >= 0.3 is 0 Å². The molecule has 5 heteroatoms. The molecule has 1 aliphatic rings. The number of aryl methyl sites for hydroxylation is 2. The normalized spacial score (nSPS) is 15.0. The van der Waals surface area contributed by atoms with Gasteiger partial charge in [-0.3, -0.25) is 4.79 Å². The lowest BCUT2D eigenvalue weighted by Crippen LogP contribution is -2.38. The van der Waals surface area contributed by atoms with Crippen LogP contribution < -0.4 is 0 Å². The Labute approximate surface area is 166 Å². The number of piperidine rings is 1. The van der Waals surface area contributed by atoms with Crippen molar-refractivity contribution < 1.29 is 4.79 Å². The van der Waals surface area contributed by atoms with E-state index in [4.69, 9.17) is 0 Å². The van der Waals surface area contributed by atoms with E-state index < -0.39 is 0 Å². The summed E-state index contributed by atoms with van der Waals surface area (Å²) in [7, 11) is 0. The molecule has 1 aromatic heterocycles. The summed E-state index contributed by atoms with van der Waals surface area (Å²) in [5, 5.41) is 4.60. The first-order chi connectivity index (χ1) is 13.7. The second kappa shape index (κ2) is 8.38. The fourth-order valence-corrected chi connectivity index (χ4v) is 3.63. The molecule has 0 N–H and O–H groups in total. The summed E-state index contributed by atoms with van der Waals surface area (Å²) in [5.74, 6) is 1.76. The SMILES string of the molecule is CC1CCN(C(=O)c2nc(CCc3ccccc3)n(-c3ccccc3)n2)CC1. The standard InChI is InChI=1S/C23H26N4O/c1-18-14-16-26(17-15-18)23(28)22-24-21(13-12-19-8-4-2-5-9-19)27(25-22)20-10-6-3-7-11-20/h2-11,18H,12-17H2,1H3. The molecule has 0 radical (unpaired) electrons. The Morgan fingerprint density at radius 2 is 1.61 bits per heavy atom. The number of carbonyl (C=O) groups is 1. The highest BCUT2D eigenvalue weighted by Gasteiger charge is 2.25. The largest absolute Gasteiger partial charge is 0.336 e. The minimum Gasteiger partial charge on any atom is -0.336 e. The van der Waals surface area contributed by atoms with Gasteiger partial charge in [-0.15, -0.1) is 5.10 Å². The monoisotopic (exact) mass is 374 g/mol. The van der Waals surface area contributed by atoms with E-state index in [2.05, 4.69) is 29.1 Å². The number of amides is 1. The van der Waals surface area contributed by atoms with Gasteiger partial charge in [-0.2, -0.15) is 0 Å². The zero-order chi connectivity index (χ0) is 19.3. The maximum atomic E-state index is 13.0. The van der Waals surface area contributed by atoms with Crippen LogP contribution in [0.1, 0.15) is 41.8 Å². The molecule has 5 nitrogen and oxygen atoms in total. The van der Waals surface area contributed by atoms with Gasteiger partial charge in [0, 0.05) is 19.5 Å². The summed E-state index contributed by atoms with van der Waals surface area (Å²) < 4.78 is 1.82. The lowest BCUT2D eigenvalue weighted by Gasteiger charge is -2.29. The fraction of sp³-hybridized carbons (Fsp3) is 0.348. The fourth-order valence-electron chi connectivity index (χ4n) is 3.63. The minimum atomic E-state index is -0.0532. The molecule has 28 heavy (non-hydrogen) atoms. The molecule has 2 heterocycles. The molecule has 0 atom stereocenters. The number of likely N-dealkylation sites (tertiary alicyclic amines) is 1. The Bertz CT molecular complexity index is 912. The van der Waals surface area contributed by atoms with E-state index in [0.717, 1.165) is 50.3 Å². The Kier molecular flexibility index (Phi) is 5.51. The second-order valence-corrected chi connectivity index (χ2v) is 7.56. The molecule has 0 saturated carbocycles. The van der Waals surface area contributed by atoms with Gasteiger partial charge in [0.1, 0.15) is 5.82 Å². The Hall–Kier alpha value is -2.95. The number of rotatable bonds is 5. The van der Waals surface area contributed by atoms with Crippen LogP contribution in [0.15, 0.2) is 60.7 Å². The van der Waals surface area contributed by atoms with E-state index in [9.17, 15) is 4.79 Å². The van der Waals surface area contributed by atoms with Crippen molar-refractivity contribution in [1.29, 1.82) is 0 Å². The van der Waals surface area contributed by atoms with Crippen LogP contribution in [0.2, 0.25) is 0 Å². The van der Waals surface area contributed by atoms with Gasteiger partial charge in [-0.1, -0.05) is 55.5 Å². The van der Waals surface area contributed by atoms with E-state index in [1.807, 2.05) is 58.1 Å². The van der Waals surface area contributed by atoms with Crippen LogP contribution in [-0.4, -0.2) is 38.7 Å². The highest BCUT2D eigenvalue weighted by atomic mass is 16.2. The number of aromatic nitrogens is 3. The summed E-state index contributed by atoms with van der Waals surface area (Å²) in [5.41, 5.74) is 2.19. The van der Waals surface area contributed by atoms with Gasteiger partial charge in [0.25, 0.3) is 5.91 Å². The lowest BCUT2D eigenvalue weighted by atomic mass is 9.99. The molecule has 144 valence electrons.